The number of carboxylic acids is 1. The Kier molecular flexibility index (Phi) is 62.5. The van der Waals surface area contributed by atoms with E-state index in [1.54, 1.807) is 0 Å². The van der Waals surface area contributed by atoms with Crippen LogP contribution in [0.2, 0.25) is 0 Å². The van der Waals surface area contributed by atoms with Crippen molar-refractivity contribution < 1.29 is 42.9 Å². The van der Waals surface area contributed by atoms with E-state index in [1.807, 2.05) is 21.1 Å². The van der Waals surface area contributed by atoms with Crippen molar-refractivity contribution in [2.24, 2.45) is 0 Å². The predicted octanol–water partition coefficient (Wildman–Crippen LogP) is 22.0. The van der Waals surface area contributed by atoms with Crippen LogP contribution in [-0.4, -0.2) is 87.4 Å². The lowest BCUT2D eigenvalue weighted by atomic mass is 10.0. The minimum absolute atomic E-state index is 0.176. The number of carboxylic acid groups (broad SMARTS) is 1. The number of carbonyl (C=O) groups excluding carboxylic acids is 2. The third-order valence-electron chi connectivity index (χ3n) is 16.5. The average molecular weight is 1150 g/mol. The molecule has 0 aliphatic heterocycles. The second-order valence-corrected chi connectivity index (χ2v) is 25.9. The zero-order valence-electron chi connectivity index (χ0n) is 55.0. The summed E-state index contributed by atoms with van der Waals surface area (Å²) < 4.78 is 23.0. The lowest BCUT2D eigenvalue weighted by molar-refractivity contribution is -0.870. The molecule has 0 aliphatic carbocycles. The molecule has 0 aromatic rings. The Balaban J connectivity index is 3.98. The number of unbranched alkanes of at least 4 members (excludes halogenated alkanes) is 51. The largest absolute Gasteiger partial charge is 0.477 e. The van der Waals surface area contributed by atoms with E-state index in [2.05, 4.69) is 26.0 Å². The normalized spacial score (nSPS) is 12.7. The maximum atomic E-state index is 12.9. The summed E-state index contributed by atoms with van der Waals surface area (Å²) in [7, 11) is 5.99. The maximum absolute atomic E-state index is 12.9. The molecular weight excluding hydrogens is 1010 g/mol. The minimum Gasteiger partial charge on any atom is -0.477 e. The first-order valence-electron chi connectivity index (χ1n) is 35.9. The molecule has 81 heavy (non-hydrogen) atoms. The summed E-state index contributed by atoms with van der Waals surface area (Å²) in [6.07, 6.45) is 74.9. The SMILES string of the molecule is CCCCCCCCCC/C=C\CCCCCCCCCCCC(=O)OC(COC(=O)CCCCCCCCCCCCCCCCCCCCCCCCCCCCCCCCCCCCC)COC(OCC[N+](C)(C)C)C(=O)O. The van der Waals surface area contributed by atoms with Gasteiger partial charge >= 0.3 is 17.9 Å². The summed E-state index contributed by atoms with van der Waals surface area (Å²) in [6, 6.07) is 0. The van der Waals surface area contributed by atoms with E-state index < -0.39 is 18.4 Å². The van der Waals surface area contributed by atoms with Crippen molar-refractivity contribution in [2.45, 2.75) is 386 Å². The summed E-state index contributed by atoms with van der Waals surface area (Å²) in [4.78, 5) is 37.6. The molecule has 0 fully saturated rings. The Hall–Kier alpha value is -1.97. The molecule has 0 saturated carbocycles. The zero-order valence-corrected chi connectivity index (χ0v) is 55.0. The van der Waals surface area contributed by atoms with Crippen LogP contribution in [0.4, 0.5) is 0 Å². The first-order valence-corrected chi connectivity index (χ1v) is 35.9. The average Bonchev–Trinajstić information content (AvgIpc) is 3.44. The fourth-order valence-corrected chi connectivity index (χ4v) is 11.0. The van der Waals surface area contributed by atoms with Crippen molar-refractivity contribution in [3.8, 4) is 0 Å². The number of carbonyl (C=O) groups is 3. The van der Waals surface area contributed by atoms with Gasteiger partial charge in [0.15, 0.2) is 6.10 Å². The predicted molar refractivity (Wildman–Crippen MR) is 346 cm³/mol. The quantitative estimate of drug-likeness (QED) is 0.0211. The van der Waals surface area contributed by atoms with Gasteiger partial charge in [0.05, 0.1) is 34.4 Å². The van der Waals surface area contributed by atoms with Crippen molar-refractivity contribution in [3.63, 3.8) is 0 Å². The van der Waals surface area contributed by atoms with E-state index in [0.717, 1.165) is 38.5 Å². The van der Waals surface area contributed by atoms with E-state index in [1.165, 1.54) is 308 Å². The van der Waals surface area contributed by atoms with Gasteiger partial charge in [0.2, 0.25) is 0 Å². The van der Waals surface area contributed by atoms with Gasteiger partial charge in [-0.25, -0.2) is 4.79 Å². The van der Waals surface area contributed by atoms with Crippen molar-refractivity contribution in [1.82, 2.24) is 0 Å². The van der Waals surface area contributed by atoms with E-state index in [-0.39, 0.29) is 38.2 Å². The number of hydrogen-bond acceptors (Lipinski definition) is 7. The molecular formula is C72H140NO8+. The summed E-state index contributed by atoms with van der Waals surface area (Å²) in [5, 5.41) is 9.74. The molecule has 0 radical (unpaired) electrons. The van der Waals surface area contributed by atoms with Crippen molar-refractivity contribution in [2.75, 3.05) is 47.5 Å². The van der Waals surface area contributed by atoms with Gasteiger partial charge in [0.1, 0.15) is 13.2 Å². The number of esters is 2. The molecule has 9 nitrogen and oxygen atoms in total. The van der Waals surface area contributed by atoms with Crippen LogP contribution >= 0.6 is 0 Å². The van der Waals surface area contributed by atoms with E-state index in [4.69, 9.17) is 18.9 Å². The van der Waals surface area contributed by atoms with Crippen LogP contribution in [0.5, 0.6) is 0 Å². The monoisotopic (exact) mass is 1150 g/mol. The van der Waals surface area contributed by atoms with Gasteiger partial charge < -0.3 is 28.5 Å². The highest BCUT2D eigenvalue weighted by Crippen LogP contribution is 2.19. The summed E-state index contributed by atoms with van der Waals surface area (Å²) in [5.74, 6) is -1.98. The Morgan fingerprint density at radius 1 is 0.358 bits per heavy atom. The third kappa shape index (κ3) is 65.4. The van der Waals surface area contributed by atoms with Gasteiger partial charge in [0, 0.05) is 12.8 Å². The number of allylic oxidation sites excluding steroid dienone is 2. The van der Waals surface area contributed by atoms with Crippen LogP contribution in [0, 0.1) is 0 Å². The van der Waals surface area contributed by atoms with Crippen LogP contribution in [0.1, 0.15) is 373 Å². The molecule has 0 amide bonds. The molecule has 9 heteroatoms. The highest BCUT2D eigenvalue weighted by molar-refractivity contribution is 5.71. The molecule has 0 saturated heterocycles. The second-order valence-electron chi connectivity index (χ2n) is 25.9. The minimum atomic E-state index is -1.51. The number of hydrogen-bond donors (Lipinski definition) is 1. The van der Waals surface area contributed by atoms with Gasteiger partial charge in [-0.15, -0.1) is 0 Å². The fourth-order valence-electron chi connectivity index (χ4n) is 11.0. The molecule has 0 spiro atoms. The second kappa shape index (κ2) is 64.0. The lowest BCUT2D eigenvalue weighted by Crippen LogP contribution is -2.40. The van der Waals surface area contributed by atoms with Gasteiger partial charge in [-0.2, -0.15) is 0 Å². The summed E-state index contributed by atoms with van der Waals surface area (Å²) in [5.41, 5.74) is 0. The first-order chi connectivity index (χ1) is 39.6. The molecule has 2 atom stereocenters. The third-order valence-corrected chi connectivity index (χ3v) is 16.5. The molecule has 480 valence electrons. The molecule has 1 N–H and O–H groups in total. The number of quaternary nitrogens is 1. The molecule has 0 aliphatic rings. The number of aliphatic carboxylic acids is 1. The van der Waals surface area contributed by atoms with Crippen LogP contribution < -0.4 is 0 Å². The van der Waals surface area contributed by atoms with Crippen LogP contribution in [-0.2, 0) is 33.3 Å². The van der Waals surface area contributed by atoms with Gasteiger partial charge in [-0.05, 0) is 38.5 Å². The van der Waals surface area contributed by atoms with Crippen molar-refractivity contribution in [1.29, 1.82) is 0 Å². The van der Waals surface area contributed by atoms with E-state index in [9.17, 15) is 19.5 Å². The standard InChI is InChI=1S/C72H139NO8/c1-6-8-10-12-14-16-18-20-22-24-26-28-29-30-31-32-33-34-35-36-37-38-39-40-41-43-44-46-48-50-52-54-56-58-60-62-69(74)79-66-68(67-80-72(71(76)77)78-65-64-73(3,4)5)81-70(75)63-61-59-57-55-53-51-49-47-45-42-27-25-23-21-19-17-15-13-11-9-7-2/h25,27,68,72H,6-24,26,28-67H2,1-5H3/p+1/b27-25-. The maximum Gasteiger partial charge on any atom is 0.361 e. The molecule has 0 aromatic heterocycles. The first kappa shape index (κ1) is 79.0. The molecule has 0 heterocycles. The van der Waals surface area contributed by atoms with Gasteiger partial charge in [0.25, 0.3) is 6.29 Å². The smallest absolute Gasteiger partial charge is 0.361 e. The summed E-state index contributed by atoms with van der Waals surface area (Å²) >= 11 is 0. The highest BCUT2D eigenvalue weighted by atomic mass is 16.7. The Labute approximate surface area is 504 Å². The highest BCUT2D eigenvalue weighted by Gasteiger charge is 2.25. The summed E-state index contributed by atoms with van der Waals surface area (Å²) in [6.45, 7) is 4.95. The molecule has 0 aromatic carbocycles. The Bertz CT molecular complexity index is 1330. The van der Waals surface area contributed by atoms with Crippen molar-refractivity contribution >= 4 is 17.9 Å². The van der Waals surface area contributed by atoms with Crippen LogP contribution in [0.3, 0.4) is 0 Å². The van der Waals surface area contributed by atoms with Gasteiger partial charge in [-0.3, -0.25) is 9.59 Å². The van der Waals surface area contributed by atoms with Crippen LogP contribution in [0.15, 0.2) is 12.2 Å². The number of nitrogens with zero attached hydrogens (tertiary/aromatic N) is 1. The molecule has 0 rings (SSSR count). The fraction of sp³-hybridized carbons (Fsp3) is 0.931. The Morgan fingerprint density at radius 3 is 0.914 bits per heavy atom. The number of ether oxygens (including phenoxy) is 4. The van der Waals surface area contributed by atoms with E-state index >= 15 is 0 Å². The lowest BCUT2D eigenvalue weighted by Gasteiger charge is -2.25. The van der Waals surface area contributed by atoms with Crippen LogP contribution in [0.25, 0.3) is 0 Å². The number of likely N-dealkylation sites (N-methyl/N-ethyl adjacent to an activating group) is 1. The van der Waals surface area contributed by atoms with E-state index in [0.29, 0.717) is 17.4 Å². The van der Waals surface area contributed by atoms with Gasteiger partial charge in [-0.1, -0.05) is 334 Å². The Morgan fingerprint density at radius 2 is 0.630 bits per heavy atom. The topological polar surface area (TPSA) is 108 Å². The molecule has 2 unspecified atom stereocenters. The van der Waals surface area contributed by atoms with Crippen molar-refractivity contribution in [3.05, 3.63) is 12.2 Å². The molecule has 0 bridgehead atoms. The number of rotatable bonds is 68. The zero-order chi connectivity index (χ0) is 59.1.